The van der Waals surface area contributed by atoms with Crippen LogP contribution in [0.3, 0.4) is 0 Å². The molecule has 1 heterocycles. The summed E-state index contributed by atoms with van der Waals surface area (Å²) < 4.78 is 0. The summed E-state index contributed by atoms with van der Waals surface area (Å²) in [6, 6.07) is 18.0. The van der Waals surface area contributed by atoms with Crippen LogP contribution >= 0.6 is 0 Å². The molecule has 1 aliphatic heterocycles. The number of rotatable bonds is 6. The highest BCUT2D eigenvalue weighted by Crippen LogP contribution is 2.27. The monoisotopic (exact) mass is 336 g/mol. The molecule has 0 radical (unpaired) electrons. The maximum absolute atomic E-state index is 12.4. The van der Waals surface area contributed by atoms with Crippen molar-refractivity contribution in [2.45, 2.75) is 26.2 Å². The molecule has 25 heavy (non-hydrogen) atoms. The molecule has 2 aromatic rings. The predicted octanol–water partition coefficient (Wildman–Crippen LogP) is 3.10. The van der Waals surface area contributed by atoms with E-state index in [1.165, 1.54) is 5.56 Å². The molecule has 1 saturated heterocycles. The average Bonchev–Trinajstić information content (AvgIpc) is 3.01. The third-order valence-corrected chi connectivity index (χ3v) is 4.69. The molecule has 0 saturated carbocycles. The van der Waals surface area contributed by atoms with E-state index in [0.717, 1.165) is 24.1 Å². The van der Waals surface area contributed by atoms with E-state index in [0.29, 0.717) is 19.5 Å². The van der Waals surface area contributed by atoms with E-state index in [2.05, 4.69) is 17.4 Å². The molecule has 4 heteroatoms. The lowest BCUT2D eigenvalue weighted by Crippen LogP contribution is -2.33. The van der Waals surface area contributed by atoms with Crippen LogP contribution in [0.1, 0.15) is 24.0 Å². The van der Waals surface area contributed by atoms with Crippen molar-refractivity contribution in [3.05, 3.63) is 65.7 Å². The number of aryl methyl sites for hydroxylation is 2. The molecule has 0 spiro atoms. The van der Waals surface area contributed by atoms with Crippen LogP contribution in [0.4, 0.5) is 5.69 Å². The fraction of sp³-hybridized carbons (Fsp3) is 0.333. The number of carbonyl (C=O) groups is 2. The van der Waals surface area contributed by atoms with Gasteiger partial charge in [-0.05, 0) is 37.0 Å². The van der Waals surface area contributed by atoms with Gasteiger partial charge in [0.25, 0.3) is 0 Å². The number of nitrogens with zero attached hydrogens (tertiary/aromatic N) is 1. The zero-order chi connectivity index (χ0) is 17.6. The smallest absolute Gasteiger partial charge is 0.227 e. The minimum absolute atomic E-state index is 0.0162. The molecule has 1 aliphatic rings. The summed E-state index contributed by atoms with van der Waals surface area (Å²) in [5.41, 5.74) is 3.24. The first-order valence-corrected chi connectivity index (χ1v) is 8.83. The van der Waals surface area contributed by atoms with E-state index < -0.39 is 0 Å². The maximum Gasteiger partial charge on any atom is 0.227 e. The fourth-order valence-corrected chi connectivity index (χ4v) is 3.28. The van der Waals surface area contributed by atoms with Crippen LogP contribution in [0, 0.1) is 12.8 Å². The first-order chi connectivity index (χ1) is 12.1. The second kappa shape index (κ2) is 7.97. The Morgan fingerprint density at radius 2 is 1.84 bits per heavy atom. The minimum atomic E-state index is -0.260. The Kier molecular flexibility index (Phi) is 5.49. The van der Waals surface area contributed by atoms with Gasteiger partial charge < -0.3 is 10.2 Å². The van der Waals surface area contributed by atoms with Crippen molar-refractivity contribution >= 4 is 17.5 Å². The summed E-state index contributed by atoms with van der Waals surface area (Å²) in [7, 11) is 0. The molecule has 130 valence electrons. The summed E-state index contributed by atoms with van der Waals surface area (Å²) in [6.07, 6.45) is 2.14. The lowest BCUT2D eigenvalue weighted by Gasteiger charge is -2.19. The van der Waals surface area contributed by atoms with E-state index in [-0.39, 0.29) is 17.7 Å². The number of para-hydroxylation sites is 1. The van der Waals surface area contributed by atoms with Gasteiger partial charge in [0.15, 0.2) is 0 Å². The Labute approximate surface area is 148 Å². The highest BCUT2D eigenvalue weighted by atomic mass is 16.2. The predicted molar refractivity (Wildman–Crippen MR) is 99.4 cm³/mol. The van der Waals surface area contributed by atoms with Gasteiger partial charge in [-0.25, -0.2) is 0 Å². The molecule has 1 fully saturated rings. The van der Waals surface area contributed by atoms with Gasteiger partial charge in [-0.15, -0.1) is 0 Å². The van der Waals surface area contributed by atoms with E-state index in [1.54, 1.807) is 4.90 Å². The summed E-state index contributed by atoms with van der Waals surface area (Å²) >= 11 is 0. The highest BCUT2D eigenvalue weighted by molar-refractivity contribution is 6.00. The molecule has 1 N–H and O–H groups in total. The Hall–Kier alpha value is -2.62. The van der Waals surface area contributed by atoms with Crippen LogP contribution in [0.5, 0.6) is 0 Å². The zero-order valence-electron chi connectivity index (χ0n) is 14.6. The maximum atomic E-state index is 12.4. The summed E-state index contributed by atoms with van der Waals surface area (Å²) in [4.78, 5) is 26.4. The molecule has 4 nitrogen and oxygen atoms in total. The second-order valence-electron chi connectivity index (χ2n) is 6.57. The minimum Gasteiger partial charge on any atom is -0.356 e. The van der Waals surface area contributed by atoms with Crippen molar-refractivity contribution in [2.75, 3.05) is 18.0 Å². The topological polar surface area (TPSA) is 49.4 Å². The van der Waals surface area contributed by atoms with Gasteiger partial charge in [-0.1, -0.05) is 48.5 Å². The normalized spacial score (nSPS) is 16.9. The first-order valence-electron chi connectivity index (χ1n) is 8.83. The first kappa shape index (κ1) is 17.2. The molecule has 3 rings (SSSR count). The van der Waals surface area contributed by atoms with Gasteiger partial charge >= 0.3 is 0 Å². The van der Waals surface area contributed by atoms with Gasteiger partial charge in [-0.3, -0.25) is 9.59 Å². The number of amides is 2. The quantitative estimate of drug-likeness (QED) is 0.824. The second-order valence-corrected chi connectivity index (χ2v) is 6.57. The van der Waals surface area contributed by atoms with E-state index >= 15 is 0 Å². The molecule has 1 atom stereocenters. The Bertz CT molecular complexity index is 743. The van der Waals surface area contributed by atoms with E-state index in [4.69, 9.17) is 0 Å². The van der Waals surface area contributed by atoms with Crippen molar-refractivity contribution in [2.24, 2.45) is 5.92 Å². The van der Waals surface area contributed by atoms with Crippen LogP contribution in [0.25, 0.3) is 0 Å². The zero-order valence-corrected chi connectivity index (χ0v) is 14.6. The number of nitrogens with one attached hydrogen (secondary N) is 1. The van der Waals surface area contributed by atoms with E-state index in [9.17, 15) is 9.59 Å². The van der Waals surface area contributed by atoms with Crippen LogP contribution in [0.15, 0.2) is 54.6 Å². The molecule has 0 aromatic heterocycles. The lowest BCUT2D eigenvalue weighted by molar-refractivity contribution is -0.126. The Morgan fingerprint density at radius 1 is 1.12 bits per heavy atom. The van der Waals surface area contributed by atoms with Crippen molar-refractivity contribution in [1.29, 1.82) is 0 Å². The van der Waals surface area contributed by atoms with Gasteiger partial charge in [-0.2, -0.15) is 0 Å². The lowest BCUT2D eigenvalue weighted by atomic mass is 10.1. The van der Waals surface area contributed by atoms with Gasteiger partial charge in [0.2, 0.25) is 11.8 Å². The Balaban J connectivity index is 1.49. The summed E-state index contributed by atoms with van der Waals surface area (Å²) in [6.45, 7) is 3.09. The van der Waals surface area contributed by atoms with Crippen molar-refractivity contribution in [3.8, 4) is 0 Å². The largest absolute Gasteiger partial charge is 0.356 e. The standard InChI is InChI=1S/C21H24N2O2/c1-16-8-5-6-12-19(16)23-15-18(14-20(23)24)21(25)22-13-7-11-17-9-3-2-4-10-17/h2-6,8-10,12,18H,7,11,13-15H2,1H3,(H,22,25)/t18-/m1/s1. The number of carbonyl (C=O) groups excluding carboxylic acids is 2. The number of anilines is 1. The molecular weight excluding hydrogens is 312 g/mol. The van der Waals surface area contributed by atoms with Gasteiger partial charge in [0, 0.05) is 25.2 Å². The van der Waals surface area contributed by atoms with Crippen LogP contribution < -0.4 is 10.2 Å². The van der Waals surface area contributed by atoms with Crippen LogP contribution in [-0.2, 0) is 16.0 Å². The molecule has 2 amide bonds. The Morgan fingerprint density at radius 3 is 2.60 bits per heavy atom. The fourth-order valence-electron chi connectivity index (χ4n) is 3.28. The number of hydrogen-bond acceptors (Lipinski definition) is 2. The van der Waals surface area contributed by atoms with Crippen molar-refractivity contribution in [3.63, 3.8) is 0 Å². The average molecular weight is 336 g/mol. The molecule has 2 aromatic carbocycles. The summed E-state index contributed by atoms with van der Waals surface area (Å²) in [5.74, 6) is -0.250. The molecule has 0 aliphatic carbocycles. The van der Waals surface area contributed by atoms with E-state index in [1.807, 2.05) is 49.4 Å². The van der Waals surface area contributed by atoms with Crippen molar-refractivity contribution < 1.29 is 9.59 Å². The van der Waals surface area contributed by atoms with Crippen LogP contribution in [0.2, 0.25) is 0 Å². The molecular formula is C21H24N2O2. The third kappa shape index (κ3) is 4.27. The van der Waals surface area contributed by atoms with Crippen LogP contribution in [-0.4, -0.2) is 24.9 Å². The SMILES string of the molecule is Cc1ccccc1N1C[C@H](C(=O)NCCCc2ccccc2)CC1=O. The van der Waals surface area contributed by atoms with Gasteiger partial charge in [0.05, 0.1) is 5.92 Å². The number of benzene rings is 2. The van der Waals surface area contributed by atoms with Crippen molar-refractivity contribution in [1.82, 2.24) is 5.32 Å². The molecule has 0 bridgehead atoms. The third-order valence-electron chi connectivity index (χ3n) is 4.69. The summed E-state index contributed by atoms with van der Waals surface area (Å²) in [5, 5.41) is 2.98. The highest BCUT2D eigenvalue weighted by Gasteiger charge is 2.35. The number of hydrogen-bond donors (Lipinski definition) is 1. The molecule has 0 unspecified atom stereocenters. The van der Waals surface area contributed by atoms with Gasteiger partial charge in [0.1, 0.15) is 0 Å².